The van der Waals surface area contributed by atoms with E-state index in [9.17, 15) is 14.0 Å². The molecule has 0 saturated carbocycles. The molecule has 8 nitrogen and oxygen atoms in total. The van der Waals surface area contributed by atoms with Crippen molar-refractivity contribution in [3.05, 3.63) is 72.0 Å². The molecular formula is C29H28FN5O3. The van der Waals surface area contributed by atoms with Gasteiger partial charge in [0.1, 0.15) is 0 Å². The normalized spacial score (nSPS) is 18.2. The van der Waals surface area contributed by atoms with Crippen LogP contribution in [-0.2, 0) is 11.2 Å². The number of carbonyl (C=O) groups is 2. The SMILES string of the molecule is C=CC(=O)N1[C@H](C#Cc2cnccc2-c2[nH]c3c(c2Nc2cccc(F)c2OC)C(=O)NCC3)CC[C@@H]1C. The summed E-state index contributed by atoms with van der Waals surface area (Å²) in [5.41, 5.74) is 4.09. The molecule has 1 fully saturated rings. The molecule has 2 aliphatic heterocycles. The van der Waals surface area contributed by atoms with E-state index in [1.807, 2.05) is 13.0 Å². The number of H-pyrrole nitrogens is 1. The Morgan fingerprint density at radius 3 is 2.97 bits per heavy atom. The number of amides is 2. The summed E-state index contributed by atoms with van der Waals surface area (Å²) in [5, 5.41) is 6.12. The predicted octanol–water partition coefficient (Wildman–Crippen LogP) is 4.17. The number of hydrogen-bond acceptors (Lipinski definition) is 5. The standard InChI is InChI=1S/C29H28FN5O3/c1-4-24(36)35-17(2)8-10-19(35)11-9-18-16-31-14-12-20(18)26-27(25-22(33-26)13-15-32-29(25)37)34-23-7-5-6-21(30)28(23)38-3/h4-7,12,14,16-17,19,33-34H,1,8,10,13,15H2,2-3H3,(H,32,37)/t17-,19-/m0/s1. The quantitative estimate of drug-likeness (QED) is 0.351. The van der Waals surface area contributed by atoms with Gasteiger partial charge in [-0.2, -0.15) is 0 Å². The monoisotopic (exact) mass is 513 g/mol. The van der Waals surface area contributed by atoms with Gasteiger partial charge in [-0.3, -0.25) is 14.6 Å². The lowest BCUT2D eigenvalue weighted by molar-refractivity contribution is -0.127. The summed E-state index contributed by atoms with van der Waals surface area (Å²) < 4.78 is 19.7. The van der Waals surface area contributed by atoms with E-state index in [1.54, 1.807) is 29.4 Å². The van der Waals surface area contributed by atoms with Crippen LogP contribution in [0.25, 0.3) is 11.3 Å². The van der Waals surface area contributed by atoms with Gasteiger partial charge < -0.3 is 25.3 Å². The van der Waals surface area contributed by atoms with Gasteiger partial charge in [0.05, 0.1) is 41.3 Å². The molecule has 2 atom stereocenters. The Kier molecular flexibility index (Phi) is 6.88. The Labute approximate surface area is 220 Å². The number of nitrogens with one attached hydrogen (secondary N) is 3. The molecule has 3 aromatic rings. The van der Waals surface area contributed by atoms with Crippen molar-refractivity contribution < 1.29 is 18.7 Å². The van der Waals surface area contributed by atoms with Crippen LogP contribution in [0.3, 0.4) is 0 Å². The van der Waals surface area contributed by atoms with Gasteiger partial charge in [-0.25, -0.2) is 4.39 Å². The van der Waals surface area contributed by atoms with E-state index in [-0.39, 0.29) is 29.6 Å². The minimum Gasteiger partial charge on any atom is -0.492 e. The first-order valence-corrected chi connectivity index (χ1v) is 12.5. The van der Waals surface area contributed by atoms with Gasteiger partial charge in [-0.05, 0) is 44.0 Å². The lowest BCUT2D eigenvalue weighted by Gasteiger charge is -2.23. The number of hydrogen-bond donors (Lipinski definition) is 3. The van der Waals surface area contributed by atoms with Crippen molar-refractivity contribution in [2.75, 3.05) is 19.0 Å². The molecule has 5 rings (SSSR count). The summed E-state index contributed by atoms with van der Waals surface area (Å²) in [5.74, 6) is 5.63. The second-order valence-electron chi connectivity index (χ2n) is 9.26. The third-order valence-electron chi connectivity index (χ3n) is 6.96. The number of aromatic amines is 1. The van der Waals surface area contributed by atoms with Crippen LogP contribution < -0.4 is 15.4 Å². The van der Waals surface area contributed by atoms with E-state index in [0.29, 0.717) is 41.2 Å². The molecule has 9 heteroatoms. The Balaban J connectivity index is 1.61. The molecule has 1 saturated heterocycles. The highest BCUT2D eigenvalue weighted by molar-refractivity contribution is 6.06. The van der Waals surface area contributed by atoms with Crippen LogP contribution in [0.5, 0.6) is 5.75 Å². The molecule has 3 N–H and O–H groups in total. The number of methoxy groups -OCH3 is 1. The Bertz CT molecular complexity index is 1490. The molecule has 1 aromatic carbocycles. The van der Waals surface area contributed by atoms with Crippen LogP contribution >= 0.6 is 0 Å². The molecule has 0 aliphatic carbocycles. The fourth-order valence-electron chi connectivity index (χ4n) is 5.13. The summed E-state index contributed by atoms with van der Waals surface area (Å²) in [4.78, 5) is 34.8. The van der Waals surface area contributed by atoms with Crippen LogP contribution in [0.4, 0.5) is 15.8 Å². The van der Waals surface area contributed by atoms with Gasteiger partial charge in [-0.1, -0.05) is 24.5 Å². The van der Waals surface area contributed by atoms with Gasteiger partial charge >= 0.3 is 0 Å². The summed E-state index contributed by atoms with van der Waals surface area (Å²) in [6.45, 7) is 6.13. The number of fused-ring (bicyclic) bond motifs is 1. The van der Waals surface area contributed by atoms with Crippen molar-refractivity contribution in [2.24, 2.45) is 0 Å². The Hall–Kier alpha value is -4.58. The largest absolute Gasteiger partial charge is 0.492 e. The first-order chi connectivity index (χ1) is 18.4. The number of para-hydroxylation sites is 1. The average molecular weight is 514 g/mol. The second-order valence-corrected chi connectivity index (χ2v) is 9.26. The van der Waals surface area contributed by atoms with Crippen LogP contribution in [-0.4, -0.2) is 52.4 Å². The number of rotatable bonds is 5. The smallest absolute Gasteiger partial charge is 0.255 e. The third kappa shape index (κ3) is 4.50. The summed E-state index contributed by atoms with van der Waals surface area (Å²) in [7, 11) is 1.39. The summed E-state index contributed by atoms with van der Waals surface area (Å²) in [6.07, 6.45) is 6.87. The maximum absolute atomic E-state index is 14.5. The van der Waals surface area contributed by atoms with Gasteiger partial charge in [0.2, 0.25) is 5.91 Å². The fourth-order valence-corrected chi connectivity index (χ4v) is 5.13. The lowest BCUT2D eigenvalue weighted by atomic mass is 10.0. The van der Waals surface area contributed by atoms with Crippen LogP contribution in [0, 0.1) is 17.7 Å². The van der Waals surface area contributed by atoms with Gasteiger partial charge in [0.25, 0.3) is 5.91 Å². The van der Waals surface area contributed by atoms with E-state index >= 15 is 0 Å². The van der Waals surface area contributed by atoms with E-state index in [2.05, 4.69) is 39.0 Å². The number of pyridine rings is 1. The van der Waals surface area contributed by atoms with E-state index < -0.39 is 5.82 Å². The Morgan fingerprint density at radius 1 is 1.34 bits per heavy atom. The fraction of sp³-hybridized carbons (Fsp3) is 0.276. The van der Waals surface area contributed by atoms with Crippen molar-refractivity contribution >= 4 is 23.2 Å². The third-order valence-corrected chi connectivity index (χ3v) is 6.96. The minimum atomic E-state index is -0.521. The average Bonchev–Trinajstić information content (AvgIpc) is 3.48. The number of carbonyl (C=O) groups excluding carboxylic acids is 2. The van der Waals surface area contributed by atoms with Crippen LogP contribution in [0.2, 0.25) is 0 Å². The molecule has 38 heavy (non-hydrogen) atoms. The van der Waals surface area contributed by atoms with Crippen molar-refractivity contribution in [3.8, 4) is 28.8 Å². The molecule has 2 aromatic heterocycles. The molecule has 2 aliphatic rings. The van der Waals surface area contributed by atoms with Gasteiger partial charge in [0.15, 0.2) is 11.6 Å². The van der Waals surface area contributed by atoms with Crippen LogP contribution in [0.1, 0.15) is 41.4 Å². The van der Waals surface area contributed by atoms with Crippen molar-refractivity contribution in [1.82, 2.24) is 20.2 Å². The topological polar surface area (TPSA) is 99.3 Å². The van der Waals surface area contributed by atoms with Gasteiger partial charge in [-0.15, -0.1) is 0 Å². The molecule has 0 spiro atoms. The highest BCUT2D eigenvalue weighted by atomic mass is 19.1. The second kappa shape index (κ2) is 10.4. The highest BCUT2D eigenvalue weighted by Gasteiger charge is 2.32. The van der Waals surface area contributed by atoms with Crippen molar-refractivity contribution in [2.45, 2.75) is 38.3 Å². The molecule has 4 heterocycles. The summed E-state index contributed by atoms with van der Waals surface area (Å²) >= 11 is 0. The number of halogens is 1. The zero-order chi connectivity index (χ0) is 26.8. The molecular weight excluding hydrogens is 485 g/mol. The molecule has 194 valence electrons. The molecule has 0 bridgehead atoms. The lowest BCUT2D eigenvalue weighted by Crippen LogP contribution is -2.38. The highest BCUT2D eigenvalue weighted by Crippen LogP contribution is 2.40. The van der Waals surface area contributed by atoms with Crippen molar-refractivity contribution in [3.63, 3.8) is 0 Å². The van der Waals surface area contributed by atoms with E-state index in [1.165, 1.54) is 19.3 Å². The number of aromatic nitrogens is 2. The number of anilines is 2. The first-order valence-electron chi connectivity index (χ1n) is 12.5. The predicted molar refractivity (Wildman–Crippen MR) is 143 cm³/mol. The van der Waals surface area contributed by atoms with E-state index in [0.717, 1.165) is 24.1 Å². The van der Waals surface area contributed by atoms with Crippen molar-refractivity contribution in [1.29, 1.82) is 0 Å². The maximum Gasteiger partial charge on any atom is 0.255 e. The number of ether oxygens (including phenoxy) is 1. The zero-order valence-corrected chi connectivity index (χ0v) is 21.2. The maximum atomic E-state index is 14.5. The number of nitrogens with zero attached hydrogens (tertiary/aromatic N) is 2. The Morgan fingerprint density at radius 2 is 2.18 bits per heavy atom. The summed E-state index contributed by atoms with van der Waals surface area (Å²) in [6, 6.07) is 6.23. The zero-order valence-electron chi connectivity index (χ0n) is 21.2. The van der Waals surface area contributed by atoms with Crippen LogP contribution in [0.15, 0.2) is 49.3 Å². The van der Waals surface area contributed by atoms with E-state index in [4.69, 9.17) is 4.74 Å². The van der Waals surface area contributed by atoms with Gasteiger partial charge in [0, 0.05) is 42.7 Å². The first kappa shape index (κ1) is 25.1. The number of likely N-dealkylation sites (tertiary alicyclic amines) is 1. The minimum absolute atomic E-state index is 0.0432. The number of benzene rings is 1. The molecule has 2 amide bonds. The molecule has 0 unspecified atom stereocenters. The molecule has 0 radical (unpaired) electrons.